The van der Waals surface area contributed by atoms with Crippen molar-refractivity contribution in [1.29, 1.82) is 0 Å². The smallest absolute Gasteiger partial charge is 0.00506 e. The quantitative estimate of drug-likeness (QED) is 0.249. The first-order chi connectivity index (χ1) is 8.91. The van der Waals surface area contributed by atoms with Gasteiger partial charge < -0.3 is 22.0 Å². The molecule has 0 aliphatic heterocycles. The van der Waals surface area contributed by atoms with Gasteiger partial charge in [0, 0.05) is 23.5 Å². The topological polar surface area (TPSA) is 49.0 Å². The molecular weight excluding hydrogens is 323 g/mol. The van der Waals surface area contributed by atoms with Crippen LogP contribution in [0.15, 0.2) is 37.1 Å². The van der Waals surface area contributed by atoms with Gasteiger partial charge in [-0.15, -0.1) is 0 Å². The van der Waals surface area contributed by atoms with E-state index in [0.29, 0.717) is 0 Å². The predicted molar refractivity (Wildman–Crippen MR) is 62.4 cm³/mol. The Bertz CT molecular complexity index is 254. The normalized spacial score (nSPS) is 9.25. The number of hydrogen-bond acceptors (Lipinski definition) is 1. The van der Waals surface area contributed by atoms with E-state index >= 15 is 0 Å². The summed E-state index contributed by atoms with van der Waals surface area (Å²) >= 11 is 0. The van der Waals surface area contributed by atoms with Gasteiger partial charge in [-0.25, -0.2) is 0 Å². The molecule has 1 aliphatic rings. The minimum absolute atomic E-state index is 0. The van der Waals surface area contributed by atoms with E-state index in [1.807, 2.05) is 37.6 Å². The van der Waals surface area contributed by atoms with E-state index in [9.17, 15) is 17.3 Å². The first-order valence-electron chi connectivity index (χ1n) is 4.59. The molecule has 0 atom stereocenters. The molecule has 1 rings (SSSR count). The maximum atomic E-state index is 9.75. The monoisotopic (exact) mass is 336 g/mol. The van der Waals surface area contributed by atoms with Gasteiger partial charge in [0.2, 0.25) is 0 Å². The molecule has 0 spiro atoms. The van der Waals surface area contributed by atoms with Gasteiger partial charge in [0.25, 0.3) is 0 Å². The summed E-state index contributed by atoms with van der Waals surface area (Å²) < 4.78 is 58.6. The summed E-state index contributed by atoms with van der Waals surface area (Å²) in [6.45, 7) is 15.0. The van der Waals surface area contributed by atoms with Crippen molar-refractivity contribution in [3.05, 3.63) is 56.9 Å². The van der Waals surface area contributed by atoms with Crippen molar-refractivity contribution in [2.45, 2.75) is 6.92 Å². The average molecular weight is 336 g/mol. The standard InChI is InChI=1S/C5H5.C4H8O.2CO.BF4.Fe/c1-2-4-5-3-1;1-3-5-4-2;2*1-2;2-1(3,4)5;/h1-5H;3H,1,4H2,2H3;;;;/q;;;;-1;. The van der Waals surface area contributed by atoms with Gasteiger partial charge in [0.05, 0.1) is 12.9 Å². The molecule has 3 nitrogen and oxygen atoms in total. The molecule has 0 unspecified atom stereocenters. The molecule has 0 aromatic carbocycles. The van der Waals surface area contributed by atoms with Gasteiger partial charge in [0.15, 0.2) is 0 Å². The summed E-state index contributed by atoms with van der Waals surface area (Å²) in [5.41, 5.74) is 0. The van der Waals surface area contributed by atoms with E-state index in [4.69, 9.17) is 9.30 Å². The van der Waals surface area contributed by atoms with Crippen molar-refractivity contribution in [3.63, 3.8) is 0 Å². The second-order valence-electron chi connectivity index (χ2n) is 2.08. The maximum Gasteiger partial charge on any atom is 0.00506 e. The van der Waals surface area contributed by atoms with Crippen molar-refractivity contribution in [3.8, 4) is 0 Å². The Kier molecular flexibility index (Phi) is 48.0. The molecule has 0 N–H and O–H groups in total. The number of allylic oxidation sites excluding steroid dienone is 4. The molecule has 115 valence electrons. The molecule has 9 heteroatoms. The Morgan fingerprint density at radius 2 is 1.35 bits per heavy atom. The van der Waals surface area contributed by atoms with E-state index in [0.717, 1.165) is 6.61 Å². The minimum Gasteiger partial charge on any atom is -0.0767 e. The third-order valence-electron chi connectivity index (χ3n) is 0.840. The van der Waals surface area contributed by atoms with Crippen LogP contribution in [-0.4, -0.2) is 13.9 Å². The fourth-order valence-corrected chi connectivity index (χ4v) is 0.439. The van der Waals surface area contributed by atoms with Gasteiger partial charge in [-0.2, -0.15) is 0 Å². The van der Waals surface area contributed by atoms with E-state index in [1.165, 1.54) is 6.26 Å². The van der Waals surface area contributed by atoms with Crippen molar-refractivity contribution in [1.82, 2.24) is 0 Å². The number of hydrogen-bond donors (Lipinski definition) is 0. The van der Waals surface area contributed by atoms with Gasteiger partial charge in [-0.3, -0.25) is 0 Å². The zero-order chi connectivity index (χ0) is 16.2. The van der Waals surface area contributed by atoms with Gasteiger partial charge in [0.1, 0.15) is 0 Å². The van der Waals surface area contributed by atoms with Crippen LogP contribution >= 0.6 is 0 Å². The molecule has 20 heavy (non-hydrogen) atoms. The van der Waals surface area contributed by atoms with Crippen LogP contribution in [0.2, 0.25) is 0 Å². The fourth-order valence-electron chi connectivity index (χ4n) is 0.439. The molecule has 0 aromatic rings. The summed E-state index contributed by atoms with van der Waals surface area (Å²) in [5.74, 6) is 0. The minimum atomic E-state index is -6.00. The third kappa shape index (κ3) is 125. The summed E-state index contributed by atoms with van der Waals surface area (Å²) in [7, 11) is -6.00. The Hall–Kier alpha value is -1.20. The van der Waals surface area contributed by atoms with Crippen molar-refractivity contribution in [2.75, 3.05) is 6.61 Å². The zero-order valence-electron chi connectivity index (χ0n) is 10.5. The Morgan fingerprint density at radius 1 is 1.05 bits per heavy atom. The summed E-state index contributed by atoms with van der Waals surface area (Å²) in [6.07, 6.45) is 11.4. The first-order valence-corrected chi connectivity index (χ1v) is 4.59. The molecular formula is C11H13BF4FeO3-. The third-order valence-corrected chi connectivity index (χ3v) is 0.840. The van der Waals surface area contributed by atoms with Crippen molar-refractivity contribution >= 4 is 7.25 Å². The average Bonchev–Trinajstić information content (AvgIpc) is 2.92. The Balaban J connectivity index is -0.0000000489. The molecule has 0 saturated heterocycles. The van der Waals surface area contributed by atoms with Gasteiger partial charge in [-0.05, 0) is 6.92 Å². The van der Waals surface area contributed by atoms with Crippen LogP contribution in [0.1, 0.15) is 6.92 Å². The second-order valence-corrected chi connectivity index (χ2v) is 2.08. The van der Waals surface area contributed by atoms with E-state index < -0.39 is 7.25 Å². The van der Waals surface area contributed by atoms with E-state index in [-0.39, 0.29) is 17.1 Å². The van der Waals surface area contributed by atoms with E-state index in [1.54, 1.807) is 0 Å². The van der Waals surface area contributed by atoms with Crippen LogP contribution in [0, 0.1) is 19.7 Å². The summed E-state index contributed by atoms with van der Waals surface area (Å²) in [4.78, 5) is 0. The van der Waals surface area contributed by atoms with Crippen LogP contribution in [0.4, 0.5) is 17.3 Å². The Morgan fingerprint density at radius 3 is 1.40 bits per heavy atom. The molecule has 0 aromatic heterocycles. The van der Waals surface area contributed by atoms with Crippen molar-refractivity contribution in [2.24, 2.45) is 0 Å². The Labute approximate surface area is 126 Å². The molecule has 0 amide bonds. The second kappa shape index (κ2) is 30.7. The van der Waals surface area contributed by atoms with Crippen LogP contribution in [-0.2, 0) is 31.1 Å². The van der Waals surface area contributed by atoms with Crippen LogP contribution in [0.25, 0.3) is 0 Å². The molecule has 0 bridgehead atoms. The number of halogens is 4. The zero-order valence-corrected chi connectivity index (χ0v) is 11.7. The molecule has 1 radical (unpaired) electrons. The molecule has 0 heterocycles. The van der Waals surface area contributed by atoms with Crippen LogP contribution in [0.3, 0.4) is 0 Å². The van der Waals surface area contributed by atoms with Crippen molar-refractivity contribution < 1.29 is 48.4 Å². The SMILES string of the molecule is C=COCC.F[B-](F)(F)F.[C-]#[O+].[C-]#[O+].[CH]1C=CC=C1.[Fe]. The summed E-state index contributed by atoms with van der Waals surface area (Å²) in [5, 5.41) is 0. The molecule has 0 saturated carbocycles. The largest absolute Gasteiger partial charge is 0.0767 e. The van der Waals surface area contributed by atoms with Gasteiger partial charge in [-0.1, -0.05) is 30.9 Å². The van der Waals surface area contributed by atoms with Crippen LogP contribution < -0.4 is 0 Å². The molecule has 0 fully saturated rings. The summed E-state index contributed by atoms with van der Waals surface area (Å²) in [6, 6.07) is 0. The van der Waals surface area contributed by atoms with E-state index in [2.05, 4.69) is 24.6 Å². The number of ether oxygens (including phenoxy) is 1. The fraction of sp³-hybridized carbons (Fsp3) is 0.182. The number of rotatable bonds is 2. The first kappa shape index (κ1) is 31.3. The molecule has 1 aliphatic carbocycles. The van der Waals surface area contributed by atoms with Gasteiger partial charge >= 0.3 is 29.9 Å². The predicted octanol–water partition coefficient (Wildman–Crippen LogP) is 3.71. The maximum absolute atomic E-state index is 9.75. The van der Waals surface area contributed by atoms with Crippen LogP contribution in [0.5, 0.6) is 0 Å².